The number of aromatic nitrogens is 1. The number of hydrogen-bond donors (Lipinski definition) is 2. The fraction of sp³-hybridized carbons (Fsp3) is 0.615. The normalized spacial score (nSPS) is 15.4. The number of hydrogen-bond acceptors (Lipinski definition) is 4. The van der Waals surface area contributed by atoms with E-state index in [1.807, 2.05) is 12.3 Å². The summed E-state index contributed by atoms with van der Waals surface area (Å²) in [6.07, 6.45) is 4.25. The Morgan fingerprint density at radius 3 is 2.50 bits per heavy atom. The molecule has 0 fully saturated rings. The molecule has 0 spiro atoms. The van der Waals surface area contributed by atoms with E-state index < -0.39 is 0 Å². The molecule has 5 heteroatoms. The summed E-state index contributed by atoms with van der Waals surface area (Å²) in [5.74, 6) is 0. The van der Waals surface area contributed by atoms with E-state index in [0.717, 1.165) is 10.0 Å². The maximum Gasteiger partial charge on any atom is 0.0540 e. The summed E-state index contributed by atoms with van der Waals surface area (Å²) in [5, 5.41) is 9.28. The summed E-state index contributed by atoms with van der Waals surface area (Å²) in [7, 11) is 0. The predicted octanol–water partition coefficient (Wildman–Crippen LogP) is 3.48. The molecule has 0 saturated carbocycles. The van der Waals surface area contributed by atoms with Gasteiger partial charge >= 0.3 is 0 Å². The highest BCUT2D eigenvalue weighted by molar-refractivity contribution is 9.10. The number of nitrogens with one attached hydrogen (secondary N) is 1. The van der Waals surface area contributed by atoms with E-state index in [9.17, 15) is 5.11 Å². The predicted molar refractivity (Wildman–Crippen MR) is 81.5 cm³/mol. The van der Waals surface area contributed by atoms with E-state index in [1.165, 1.54) is 0 Å². The van der Waals surface area contributed by atoms with Gasteiger partial charge in [-0.1, -0.05) is 11.9 Å². The van der Waals surface area contributed by atoms with Gasteiger partial charge in [0.1, 0.15) is 0 Å². The summed E-state index contributed by atoms with van der Waals surface area (Å²) in [6, 6.07) is 2.04. The molecule has 1 heterocycles. The zero-order valence-electron chi connectivity index (χ0n) is 11.3. The number of nitrogens with zero attached hydrogens (tertiary/aromatic N) is 1. The summed E-state index contributed by atoms with van der Waals surface area (Å²) >= 11 is 5.11. The first-order valence-electron chi connectivity index (χ1n) is 5.94. The second-order valence-corrected chi connectivity index (χ2v) is 8.06. The van der Waals surface area contributed by atoms with Crippen molar-refractivity contribution in [3.05, 3.63) is 28.5 Å². The third-order valence-corrected chi connectivity index (χ3v) is 4.13. The van der Waals surface area contributed by atoms with Gasteiger partial charge < -0.3 is 5.11 Å². The molecule has 1 rings (SSSR count). The number of rotatable bonds is 5. The summed E-state index contributed by atoms with van der Waals surface area (Å²) < 4.78 is 4.55. The highest BCUT2D eigenvalue weighted by Crippen LogP contribution is 2.31. The van der Waals surface area contributed by atoms with Gasteiger partial charge in [0.25, 0.3) is 0 Å². The first kappa shape index (κ1) is 16.0. The molecule has 0 radical (unpaired) electrons. The molecule has 1 aromatic heterocycles. The van der Waals surface area contributed by atoms with E-state index in [2.05, 4.69) is 53.3 Å². The van der Waals surface area contributed by atoms with Gasteiger partial charge in [0.2, 0.25) is 0 Å². The third-order valence-electron chi connectivity index (χ3n) is 2.54. The van der Waals surface area contributed by atoms with Crippen LogP contribution < -0.4 is 4.72 Å². The second kappa shape index (κ2) is 6.37. The van der Waals surface area contributed by atoms with Crippen molar-refractivity contribution in [3.63, 3.8) is 0 Å². The van der Waals surface area contributed by atoms with Gasteiger partial charge in [-0.2, -0.15) is 0 Å². The van der Waals surface area contributed by atoms with Crippen LogP contribution in [0.25, 0.3) is 0 Å². The summed E-state index contributed by atoms with van der Waals surface area (Å²) in [5.41, 5.74) is 0.784. The van der Waals surface area contributed by atoms with Gasteiger partial charge in [0.15, 0.2) is 0 Å². The lowest BCUT2D eigenvalue weighted by atomic mass is 9.91. The summed E-state index contributed by atoms with van der Waals surface area (Å²) in [4.78, 5) is 4.20. The smallest absolute Gasteiger partial charge is 0.0540 e. The molecule has 0 aliphatic carbocycles. The fourth-order valence-corrected chi connectivity index (χ4v) is 2.57. The Labute approximate surface area is 122 Å². The standard InChI is InChI=1S/C13H21BrN2OS/c1-12(2,3)18-16-13(4,5-6-17)10-7-11(14)9-15-8-10/h7-9,16-17H,5-6H2,1-4H3/t13-/m0/s1. The van der Waals surface area contributed by atoms with Crippen LogP contribution in [-0.4, -0.2) is 21.4 Å². The van der Waals surface area contributed by atoms with Crippen molar-refractivity contribution in [2.24, 2.45) is 0 Å². The molecule has 1 aromatic rings. The monoisotopic (exact) mass is 332 g/mol. The fourth-order valence-electron chi connectivity index (χ4n) is 1.46. The maximum atomic E-state index is 9.28. The van der Waals surface area contributed by atoms with Gasteiger partial charge in [-0.3, -0.25) is 9.71 Å². The topological polar surface area (TPSA) is 45.1 Å². The summed E-state index contributed by atoms with van der Waals surface area (Å²) in [6.45, 7) is 8.70. The van der Waals surface area contributed by atoms with Crippen LogP contribution in [0.4, 0.5) is 0 Å². The molecule has 0 aliphatic heterocycles. The van der Waals surface area contributed by atoms with E-state index in [4.69, 9.17) is 0 Å². The zero-order chi connectivity index (χ0) is 13.8. The molecular formula is C13H21BrN2OS. The van der Waals surface area contributed by atoms with Crippen LogP contribution in [0.1, 0.15) is 39.7 Å². The number of aliphatic hydroxyl groups excluding tert-OH is 1. The largest absolute Gasteiger partial charge is 0.396 e. The van der Waals surface area contributed by atoms with E-state index in [-0.39, 0.29) is 16.9 Å². The molecule has 0 aromatic carbocycles. The maximum absolute atomic E-state index is 9.28. The van der Waals surface area contributed by atoms with Crippen LogP contribution >= 0.6 is 27.9 Å². The first-order chi connectivity index (χ1) is 8.27. The number of halogens is 1. The first-order valence-corrected chi connectivity index (χ1v) is 7.55. The van der Waals surface area contributed by atoms with Crippen molar-refractivity contribution < 1.29 is 5.11 Å². The number of pyridine rings is 1. The van der Waals surface area contributed by atoms with Crippen LogP contribution in [0.2, 0.25) is 0 Å². The van der Waals surface area contributed by atoms with Crippen LogP contribution in [0.3, 0.4) is 0 Å². The van der Waals surface area contributed by atoms with Crippen molar-refractivity contribution in [1.29, 1.82) is 0 Å². The Hall–Kier alpha value is -0.100. The minimum absolute atomic E-state index is 0.121. The molecule has 1 atom stereocenters. The third kappa shape index (κ3) is 4.88. The second-order valence-electron chi connectivity index (χ2n) is 5.51. The van der Waals surface area contributed by atoms with Crippen molar-refractivity contribution in [2.75, 3.05) is 6.61 Å². The van der Waals surface area contributed by atoms with Gasteiger partial charge in [0, 0.05) is 28.2 Å². The molecular weight excluding hydrogens is 312 g/mol. The van der Waals surface area contributed by atoms with E-state index in [0.29, 0.717) is 6.42 Å². The molecule has 102 valence electrons. The van der Waals surface area contributed by atoms with Crippen LogP contribution in [0, 0.1) is 0 Å². The lowest BCUT2D eigenvalue weighted by Gasteiger charge is -2.33. The minimum Gasteiger partial charge on any atom is -0.396 e. The zero-order valence-corrected chi connectivity index (χ0v) is 13.7. The molecule has 0 bridgehead atoms. The van der Waals surface area contributed by atoms with Crippen molar-refractivity contribution in [1.82, 2.24) is 9.71 Å². The van der Waals surface area contributed by atoms with E-state index in [1.54, 1.807) is 18.1 Å². The number of aliphatic hydroxyl groups is 1. The lowest BCUT2D eigenvalue weighted by Crippen LogP contribution is -2.38. The minimum atomic E-state index is -0.288. The quantitative estimate of drug-likeness (QED) is 0.810. The van der Waals surface area contributed by atoms with Gasteiger partial charge in [0.05, 0.1) is 5.54 Å². The molecule has 0 aliphatic rings. The Bertz CT molecular complexity index is 395. The molecule has 2 N–H and O–H groups in total. The lowest BCUT2D eigenvalue weighted by molar-refractivity contribution is 0.239. The Morgan fingerprint density at radius 2 is 2.00 bits per heavy atom. The molecule has 0 saturated heterocycles. The molecule has 0 amide bonds. The van der Waals surface area contributed by atoms with Crippen molar-refractivity contribution in [3.8, 4) is 0 Å². The van der Waals surface area contributed by atoms with Gasteiger partial charge in [-0.25, -0.2) is 0 Å². The van der Waals surface area contributed by atoms with Crippen LogP contribution in [0.15, 0.2) is 22.9 Å². The van der Waals surface area contributed by atoms with Crippen molar-refractivity contribution >= 4 is 27.9 Å². The van der Waals surface area contributed by atoms with Gasteiger partial charge in [-0.15, -0.1) is 0 Å². The average Bonchev–Trinajstić information content (AvgIpc) is 2.26. The van der Waals surface area contributed by atoms with Crippen LogP contribution in [0.5, 0.6) is 0 Å². The van der Waals surface area contributed by atoms with Crippen molar-refractivity contribution in [2.45, 2.75) is 44.4 Å². The SMILES string of the molecule is CC(C)(C)SN[C@@](C)(CCO)c1cncc(Br)c1. The van der Waals surface area contributed by atoms with Crippen LogP contribution in [-0.2, 0) is 5.54 Å². The molecule has 18 heavy (non-hydrogen) atoms. The Kier molecular flexibility index (Phi) is 5.65. The average molecular weight is 333 g/mol. The highest BCUT2D eigenvalue weighted by Gasteiger charge is 2.28. The molecule has 0 unspecified atom stereocenters. The Balaban J connectivity index is 2.92. The highest BCUT2D eigenvalue weighted by atomic mass is 79.9. The van der Waals surface area contributed by atoms with E-state index >= 15 is 0 Å². The Morgan fingerprint density at radius 1 is 1.33 bits per heavy atom. The molecule has 3 nitrogen and oxygen atoms in total. The van der Waals surface area contributed by atoms with Gasteiger partial charge in [-0.05, 0) is 61.7 Å².